The van der Waals surface area contributed by atoms with Crippen molar-refractivity contribution in [2.45, 2.75) is 13.3 Å². The number of halogens is 1. The SMILES string of the molecule is Cc1cc(N2CC(=O)CC2=O)c(N)cc1Br. The number of nitrogen functional groups attached to an aromatic ring is 1. The number of hydrogen-bond acceptors (Lipinski definition) is 3. The molecule has 0 atom stereocenters. The minimum absolute atomic E-state index is 0.0193. The first kappa shape index (κ1) is 11.1. The molecular formula is C11H11BrN2O2. The lowest BCUT2D eigenvalue weighted by Gasteiger charge is -2.18. The Morgan fingerprint density at radius 1 is 1.38 bits per heavy atom. The lowest BCUT2D eigenvalue weighted by atomic mass is 10.2. The van der Waals surface area contributed by atoms with Gasteiger partial charge in [-0.1, -0.05) is 15.9 Å². The lowest BCUT2D eigenvalue weighted by Crippen LogP contribution is -2.25. The monoisotopic (exact) mass is 282 g/mol. The molecule has 1 aromatic carbocycles. The molecule has 1 fully saturated rings. The van der Waals surface area contributed by atoms with Gasteiger partial charge in [0.05, 0.1) is 24.3 Å². The summed E-state index contributed by atoms with van der Waals surface area (Å²) in [6.45, 7) is 2.04. The van der Waals surface area contributed by atoms with Crippen molar-refractivity contribution in [1.29, 1.82) is 0 Å². The number of amides is 1. The third-order valence-electron chi connectivity index (χ3n) is 2.58. The summed E-state index contributed by atoms with van der Waals surface area (Å²) >= 11 is 3.37. The van der Waals surface area contributed by atoms with Crippen molar-refractivity contribution in [3.8, 4) is 0 Å². The number of rotatable bonds is 1. The molecule has 84 valence electrons. The van der Waals surface area contributed by atoms with Gasteiger partial charge in [-0.05, 0) is 24.6 Å². The molecule has 0 aromatic heterocycles. The van der Waals surface area contributed by atoms with Gasteiger partial charge >= 0.3 is 0 Å². The fourth-order valence-electron chi connectivity index (χ4n) is 1.72. The number of ketones is 1. The zero-order valence-corrected chi connectivity index (χ0v) is 10.4. The van der Waals surface area contributed by atoms with Gasteiger partial charge in [-0.2, -0.15) is 0 Å². The van der Waals surface area contributed by atoms with Crippen LogP contribution in [0.5, 0.6) is 0 Å². The standard InChI is InChI=1S/C11H11BrN2O2/c1-6-2-10(9(13)4-8(6)12)14-5-7(15)3-11(14)16/h2,4H,3,5,13H2,1H3. The van der Waals surface area contributed by atoms with E-state index in [1.165, 1.54) is 4.90 Å². The van der Waals surface area contributed by atoms with Crippen LogP contribution in [-0.4, -0.2) is 18.2 Å². The maximum Gasteiger partial charge on any atom is 0.234 e. The topological polar surface area (TPSA) is 63.4 Å². The summed E-state index contributed by atoms with van der Waals surface area (Å²) in [5.41, 5.74) is 7.95. The van der Waals surface area contributed by atoms with Crippen molar-refractivity contribution < 1.29 is 9.59 Å². The zero-order valence-electron chi connectivity index (χ0n) is 8.79. The Labute approximate surface area is 102 Å². The first-order chi connectivity index (χ1) is 7.49. The third kappa shape index (κ3) is 1.82. The summed E-state index contributed by atoms with van der Waals surface area (Å²) in [5.74, 6) is -0.247. The van der Waals surface area contributed by atoms with Crippen LogP contribution in [0.1, 0.15) is 12.0 Å². The van der Waals surface area contributed by atoms with Crippen molar-refractivity contribution in [3.63, 3.8) is 0 Å². The number of benzene rings is 1. The van der Waals surface area contributed by atoms with Crippen molar-refractivity contribution in [3.05, 3.63) is 22.2 Å². The highest BCUT2D eigenvalue weighted by molar-refractivity contribution is 9.10. The van der Waals surface area contributed by atoms with Gasteiger partial charge in [0.15, 0.2) is 5.78 Å². The van der Waals surface area contributed by atoms with Gasteiger partial charge < -0.3 is 10.6 Å². The molecule has 1 aromatic rings. The summed E-state index contributed by atoms with van der Waals surface area (Å²) in [6, 6.07) is 3.57. The quantitative estimate of drug-likeness (QED) is 0.629. The predicted molar refractivity (Wildman–Crippen MR) is 65.3 cm³/mol. The van der Waals surface area contributed by atoms with Gasteiger partial charge in [-0.15, -0.1) is 0 Å². The number of nitrogens with zero attached hydrogens (tertiary/aromatic N) is 1. The molecule has 0 spiro atoms. The van der Waals surface area contributed by atoms with E-state index < -0.39 is 0 Å². The van der Waals surface area contributed by atoms with Crippen molar-refractivity contribution >= 4 is 39.0 Å². The Hall–Kier alpha value is -1.36. The molecule has 1 amide bonds. The van der Waals surface area contributed by atoms with Crippen molar-refractivity contribution in [2.75, 3.05) is 17.2 Å². The van der Waals surface area contributed by atoms with Crippen LogP contribution in [0.2, 0.25) is 0 Å². The molecule has 0 bridgehead atoms. The molecule has 4 nitrogen and oxygen atoms in total. The maximum absolute atomic E-state index is 11.6. The second-order valence-corrected chi connectivity index (χ2v) is 4.71. The van der Waals surface area contributed by atoms with Crippen LogP contribution in [0.25, 0.3) is 0 Å². The van der Waals surface area contributed by atoms with Gasteiger partial charge in [0.1, 0.15) is 0 Å². The molecule has 0 aliphatic carbocycles. The van der Waals surface area contributed by atoms with Crippen LogP contribution in [-0.2, 0) is 9.59 Å². The fourth-order valence-corrected chi connectivity index (χ4v) is 2.08. The van der Waals surface area contributed by atoms with Gasteiger partial charge in [-0.25, -0.2) is 0 Å². The smallest absolute Gasteiger partial charge is 0.234 e. The Kier molecular flexibility index (Phi) is 2.71. The molecule has 1 aliphatic rings. The van der Waals surface area contributed by atoms with E-state index in [1.54, 1.807) is 6.07 Å². The number of carbonyl (C=O) groups is 2. The van der Waals surface area contributed by atoms with Crippen LogP contribution in [0.15, 0.2) is 16.6 Å². The van der Waals surface area contributed by atoms with Gasteiger partial charge in [0.25, 0.3) is 0 Å². The Bertz CT molecular complexity index is 485. The summed E-state index contributed by atoms with van der Waals surface area (Å²) in [7, 11) is 0. The van der Waals surface area contributed by atoms with E-state index in [1.807, 2.05) is 13.0 Å². The first-order valence-corrected chi connectivity index (χ1v) is 5.66. The predicted octanol–water partition coefficient (Wildman–Crippen LogP) is 1.65. The van der Waals surface area contributed by atoms with Crippen LogP contribution in [0, 0.1) is 6.92 Å². The molecule has 1 aliphatic heterocycles. The first-order valence-electron chi connectivity index (χ1n) is 4.86. The number of anilines is 2. The molecular weight excluding hydrogens is 272 g/mol. The summed E-state index contributed by atoms with van der Waals surface area (Å²) in [6.07, 6.45) is -0.0193. The van der Waals surface area contributed by atoms with E-state index in [0.717, 1.165) is 10.0 Å². The molecule has 0 unspecified atom stereocenters. The number of nitrogens with two attached hydrogens (primary N) is 1. The normalized spacial score (nSPS) is 16.0. The zero-order chi connectivity index (χ0) is 11.9. The van der Waals surface area contributed by atoms with Crippen molar-refractivity contribution in [1.82, 2.24) is 0 Å². The van der Waals surface area contributed by atoms with Crippen LogP contribution < -0.4 is 10.6 Å². The Morgan fingerprint density at radius 2 is 2.06 bits per heavy atom. The molecule has 0 radical (unpaired) electrons. The average molecular weight is 283 g/mol. The summed E-state index contributed by atoms with van der Waals surface area (Å²) in [4.78, 5) is 24.2. The molecule has 1 saturated heterocycles. The number of hydrogen-bond donors (Lipinski definition) is 1. The van der Waals surface area contributed by atoms with E-state index in [4.69, 9.17) is 5.73 Å². The highest BCUT2D eigenvalue weighted by Crippen LogP contribution is 2.31. The molecule has 16 heavy (non-hydrogen) atoms. The van der Waals surface area contributed by atoms with Gasteiger partial charge in [0.2, 0.25) is 5.91 Å². The van der Waals surface area contributed by atoms with Crippen LogP contribution in [0.4, 0.5) is 11.4 Å². The highest BCUT2D eigenvalue weighted by Gasteiger charge is 2.29. The van der Waals surface area contributed by atoms with E-state index in [0.29, 0.717) is 11.4 Å². The molecule has 2 rings (SSSR count). The van der Waals surface area contributed by atoms with E-state index >= 15 is 0 Å². The molecule has 1 heterocycles. The van der Waals surface area contributed by atoms with Crippen LogP contribution in [0.3, 0.4) is 0 Å². The van der Waals surface area contributed by atoms with Gasteiger partial charge in [-0.3, -0.25) is 9.59 Å². The third-order valence-corrected chi connectivity index (χ3v) is 3.44. The number of Topliss-reactive ketones (excluding diaryl/α,β-unsaturated/α-hetero) is 1. The van der Waals surface area contributed by atoms with Gasteiger partial charge in [0, 0.05) is 4.47 Å². The molecule has 2 N–H and O–H groups in total. The summed E-state index contributed by atoms with van der Waals surface area (Å²) in [5, 5.41) is 0. The number of aryl methyl sites for hydroxylation is 1. The van der Waals surface area contributed by atoms with Crippen LogP contribution >= 0.6 is 15.9 Å². The molecule has 5 heteroatoms. The van der Waals surface area contributed by atoms with E-state index in [9.17, 15) is 9.59 Å². The maximum atomic E-state index is 11.6. The van der Waals surface area contributed by atoms with E-state index in [-0.39, 0.29) is 24.7 Å². The second kappa shape index (κ2) is 3.90. The lowest BCUT2D eigenvalue weighted by molar-refractivity contribution is -0.121. The van der Waals surface area contributed by atoms with Crippen molar-refractivity contribution in [2.24, 2.45) is 0 Å². The largest absolute Gasteiger partial charge is 0.397 e. The minimum atomic E-state index is -0.182. The average Bonchev–Trinajstić information content (AvgIpc) is 2.51. The number of carbonyl (C=O) groups excluding carboxylic acids is 2. The minimum Gasteiger partial charge on any atom is -0.397 e. The molecule has 0 saturated carbocycles. The highest BCUT2D eigenvalue weighted by atomic mass is 79.9. The Balaban J connectivity index is 2.45. The Morgan fingerprint density at radius 3 is 2.62 bits per heavy atom. The van der Waals surface area contributed by atoms with E-state index in [2.05, 4.69) is 15.9 Å². The summed E-state index contributed by atoms with van der Waals surface area (Å²) < 4.78 is 0.895. The second-order valence-electron chi connectivity index (χ2n) is 3.86. The fraction of sp³-hybridized carbons (Fsp3) is 0.273.